The number of nitrogens with zero attached hydrogens (tertiary/aromatic N) is 1. The molecule has 0 unspecified atom stereocenters. The molecular formula is C22H25NO6S. The normalized spacial score (nSPS) is 15.6. The van der Waals surface area contributed by atoms with Gasteiger partial charge in [0.2, 0.25) is 10.0 Å². The average molecular weight is 432 g/mol. The minimum absolute atomic E-state index is 0.261. The fourth-order valence-electron chi connectivity index (χ4n) is 3.54. The van der Waals surface area contributed by atoms with Gasteiger partial charge in [0.1, 0.15) is 5.75 Å². The molecule has 0 aromatic heterocycles. The fraction of sp³-hybridized carbons (Fsp3) is 0.364. The molecular weight excluding hydrogens is 406 g/mol. The quantitative estimate of drug-likeness (QED) is 0.534. The number of sulfonamides is 1. The number of hydrogen-bond donors (Lipinski definition) is 0. The lowest BCUT2D eigenvalue weighted by Crippen LogP contribution is -2.41. The van der Waals surface area contributed by atoms with Crippen LogP contribution in [0.4, 0.5) is 0 Å². The predicted octanol–water partition coefficient (Wildman–Crippen LogP) is 3.10. The van der Waals surface area contributed by atoms with E-state index in [0.717, 1.165) is 5.56 Å². The minimum Gasteiger partial charge on any atom is -0.465 e. The van der Waals surface area contributed by atoms with Crippen LogP contribution in [0.3, 0.4) is 0 Å². The molecule has 3 rings (SSSR count). The molecule has 0 bridgehead atoms. The van der Waals surface area contributed by atoms with Gasteiger partial charge in [-0.2, -0.15) is 4.31 Å². The van der Waals surface area contributed by atoms with Gasteiger partial charge >= 0.3 is 11.9 Å². The second-order valence-corrected chi connectivity index (χ2v) is 9.29. The molecule has 1 heterocycles. The van der Waals surface area contributed by atoms with Gasteiger partial charge in [-0.25, -0.2) is 13.2 Å². The number of aryl methyl sites for hydroxylation is 2. The average Bonchev–Trinajstić information content (AvgIpc) is 2.73. The number of benzene rings is 2. The molecule has 2 aromatic carbocycles. The summed E-state index contributed by atoms with van der Waals surface area (Å²) >= 11 is 0. The molecule has 0 spiro atoms. The van der Waals surface area contributed by atoms with Gasteiger partial charge in [-0.05, 0) is 62.6 Å². The highest BCUT2D eigenvalue weighted by molar-refractivity contribution is 7.89. The van der Waals surface area contributed by atoms with Gasteiger partial charge in [0.15, 0.2) is 0 Å². The highest BCUT2D eigenvalue weighted by atomic mass is 32.2. The summed E-state index contributed by atoms with van der Waals surface area (Å²) in [6, 6.07) is 11.4. The maximum Gasteiger partial charge on any atom is 0.337 e. The van der Waals surface area contributed by atoms with E-state index in [1.54, 1.807) is 19.1 Å². The van der Waals surface area contributed by atoms with Crippen LogP contribution < -0.4 is 4.74 Å². The van der Waals surface area contributed by atoms with Crippen molar-refractivity contribution in [1.82, 2.24) is 4.31 Å². The molecule has 2 aromatic rings. The third-order valence-corrected chi connectivity index (χ3v) is 7.29. The maximum absolute atomic E-state index is 13.0. The van der Waals surface area contributed by atoms with E-state index in [-0.39, 0.29) is 19.0 Å². The zero-order valence-corrected chi connectivity index (χ0v) is 18.1. The molecule has 1 fully saturated rings. The number of carbonyl (C=O) groups excluding carboxylic acids is 2. The van der Waals surface area contributed by atoms with Gasteiger partial charge in [0.25, 0.3) is 0 Å². The first-order chi connectivity index (χ1) is 14.2. The van der Waals surface area contributed by atoms with E-state index >= 15 is 0 Å². The fourth-order valence-corrected chi connectivity index (χ4v) is 5.21. The van der Waals surface area contributed by atoms with Crippen LogP contribution in [0.5, 0.6) is 5.75 Å². The van der Waals surface area contributed by atoms with Crippen molar-refractivity contribution < 1.29 is 27.5 Å². The van der Waals surface area contributed by atoms with Crippen molar-refractivity contribution in [2.24, 2.45) is 5.92 Å². The molecule has 0 saturated carbocycles. The summed E-state index contributed by atoms with van der Waals surface area (Å²) < 4.78 is 37.4. The Balaban J connectivity index is 1.60. The summed E-state index contributed by atoms with van der Waals surface area (Å²) in [5.41, 5.74) is 2.08. The van der Waals surface area contributed by atoms with Gasteiger partial charge in [-0.3, -0.25) is 4.79 Å². The van der Waals surface area contributed by atoms with Crippen molar-refractivity contribution in [3.05, 3.63) is 59.2 Å². The molecule has 0 atom stereocenters. The third-order valence-electron chi connectivity index (χ3n) is 5.23. The summed E-state index contributed by atoms with van der Waals surface area (Å²) in [6.45, 7) is 4.23. The number of ether oxygens (including phenoxy) is 2. The Morgan fingerprint density at radius 1 is 1.00 bits per heavy atom. The van der Waals surface area contributed by atoms with E-state index in [4.69, 9.17) is 4.74 Å². The van der Waals surface area contributed by atoms with Crippen LogP contribution in [0, 0.1) is 19.8 Å². The zero-order chi connectivity index (χ0) is 21.9. The number of piperidine rings is 1. The van der Waals surface area contributed by atoms with Crippen LogP contribution in [0.2, 0.25) is 0 Å². The van der Waals surface area contributed by atoms with Gasteiger partial charge < -0.3 is 9.47 Å². The first-order valence-electron chi connectivity index (χ1n) is 9.70. The molecule has 1 aliphatic heterocycles. The third kappa shape index (κ3) is 4.71. The highest BCUT2D eigenvalue weighted by Crippen LogP contribution is 2.27. The predicted molar refractivity (Wildman–Crippen MR) is 111 cm³/mol. The van der Waals surface area contributed by atoms with E-state index in [9.17, 15) is 18.0 Å². The molecule has 1 saturated heterocycles. The summed E-state index contributed by atoms with van der Waals surface area (Å²) in [5.74, 6) is -0.913. The lowest BCUT2D eigenvalue weighted by Gasteiger charge is -2.30. The maximum atomic E-state index is 13.0. The Hall–Kier alpha value is -2.71. The Morgan fingerprint density at radius 3 is 2.20 bits per heavy atom. The second kappa shape index (κ2) is 8.97. The van der Waals surface area contributed by atoms with E-state index in [1.807, 2.05) is 13.0 Å². The van der Waals surface area contributed by atoms with Gasteiger partial charge in [-0.15, -0.1) is 0 Å². The molecule has 7 nitrogen and oxygen atoms in total. The van der Waals surface area contributed by atoms with E-state index in [0.29, 0.717) is 34.6 Å². The van der Waals surface area contributed by atoms with Gasteiger partial charge in [-0.1, -0.05) is 17.7 Å². The van der Waals surface area contributed by atoms with E-state index in [1.165, 1.54) is 35.7 Å². The van der Waals surface area contributed by atoms with Crippen LogP contribution in [-0.4, -0.2) is 44.9 Å². The van der Waals surface area contributed by atoms with Crippen LogP contribution in [0.25, 0.3) is 0 Å². The van der Waals surface area contributed by atoms with Crippen molar-refractivity contribution >= 4 is 22.0 Å². The molecule has 30 heavy (non-hydrogen) atoms. The zero-order valence-electron chi connectivity index (χ0n) is 17.3. The van der Waals surface area contributed by atoms with Crippen LogP contribution in [0.1, 0.15) is 34.3 Å². The topological polar surface area (TPSA) is 90.0 Å². The Bertz CT molecular complexity index is 1040. The molecule has 0 aliphatic carbocycles. The second-order valence-electron chi connectivity index (χ2n) is 7.38. The van der Waals surface area contributed by atoms with Crippen molar-refractivity contribution in [1.29, 1.82) is 0 Å². The number of hydrogen-bond acceptors (Lipinski definition) is 6. The van der Waals surface area contributed by atoms with Crippen molar-refractivity contribution in [3.8, 4) is 5.75 Å². The van der Waals surface area contributed by atoms with Gasteiger partial charge in [0, 0.05) is 13.1 Å². The first kappa shape index (κ1) is 22.0. The van der Waals surface area contributed by atoms with Crippen LogP contribution >= 0.6 is 0 Å². The van der Waals surface area contributed by atoms with Gasteiger partial charge in [0.05, 0.1) is 23.5 Å². The Labute approximate surface area is 176 Å². The molecule has 160 valence electrons. The molecule has 0 N–H and O–H groups in total. The lowest BCUT2D eigenvalue weighted by atomic mass is 9.98. The summed E-state index contributed by atoms with van der Waals surface area (Å²) in [4.78, 5) is 24.2. The largest absolute Gasteiger partial charge is 0.465 e. The number of methoxy groups -OCH3 is 1. The van der Waals surface area contributed by atoms with Crippen LogP contribution in [0.15, 0.2) is 47.4 Å². The van der Waals surface area contributed by atoms with E-state index < -0.39 is 22.0 Å². The minimum atomic E-state index is -3.60. The number of esters is 2. The van der Waals surface area contributed by atoms with Crippen molar-refractivity contribution in [2.45, 2.75) is 31.6 Å². The summed E-state index contributed by atoms with van der Waals surface area (Å²) in [5, 5.41) is 0. The van der Waals surface area contributed by atoms with Crippen molar-refractivity contribution in [3.63, 3.8) is 0 Å². The van der Waals surface area contributed by atoms with Crippen molar-refractivity contribution in [2.75, 3.05) is 20.2 Å². The molecule has 0 radical (unpaired) electrons. The smallest absolute Gasteiger partial charge is 0.337 e. The van der Waals surface area contributed by atoms with E-state index in [2.05, 4.69) is 4.74 Å². The van der Waals surface area contributed by atoms with Crippen LogP contribution in [-0.2, 0) is 19.6 Å². The monoisotopic (exact) mass is 431 g/mol. The lowest BCUT2D eigenvalue weighted by molar-refractivity contribution is -0.140. The SMILES string of the molecule is COC(=O)c1ccc(OC(=O)C2CCN(S(=O)(=O)c3ccc(C)cc3C)CC2)cc1. The Morgan fingerprint density at radius 2 is 1.63 bits per heavy atom. The molecule has 1 aliphatic rings. The first-order valence-corrected chi connectivity index (χ1v) is 11.1. The number of rotatable bonds is 5. The number of carbonyl (C=O) groups is 2. The summed E-state index contributed by atoms with van der Waals surface area (Å²) in [7, 11) is -2.30. The molecule has 0 amide bonds. The molecule has 8 heteroatoms. The highest BCUT2D eigenvalue weighted by Gasteiger charge is 2.33. The Kier molecular flexibility index (Phi) is 6.58. The summed E-state index contributed by atoms with van der Waals surface area (Å²) in [6.07, 6.45) is 0.784. The standard InChI is InChI=1S/C22H25NO6S/c1-15-4-9-20(16(2)14-15)30(26,27)23-12-10-18(11-13-23)22(25)29-19-7-5-17(6-8-19)21(24)28-3/h4-9,14,18H,10-13H2,1-3H3.